The van der Waals surface area contributed by atoms with Gasteiger partial charge in [0, 0.05) is 7.11 Å². The number of rotatable bonds is 2. The lowest BCUT2D eigenvalue weighted by molar-refractivity contribution is 0.0909. The minimum atomic E-state index is 0.597. The molecule has 2 aliphatic carbocycles. The van der Waals surface area contributed by atoms with E-state index in [1.54, 1.807) is 0 Å². The largest absolute Gasteiger partial charge is 0.381 e. The van der Waals surface area contributed by atoms with E-state index in [2.05, 4.69) is 13.8 Å². The summed E-state index contributed by atoms with van der Waals surface area (Å²) >= 11 is 0. The SMILES string of the molecule is COC1CC2C(C1)C2C(C)C. The van der Waals surface area contributed by atoms with Crippen molar-refractivity contribution in [3.8, 4) is 0 Å². The minimum absolute atomic E-state index is 0.597. The maximum atomic E-state index is 5.34. The normalized spacial score (nSPS) is 48.0. The lowest BCUT2D eigenvalue weighted by Gasteiger charge is -2.13. The molecular formula is C10H18O. The van der Waals surface area contributed by atoms with Crippen LogP contribution in [-0.4, -0.2) is 13.2 Å². The molecule has 0 radical (unpaired) electrons. The molecule has 0 spiro atoms. The zero-order valence-corrected chi connectivity index (χ0v) is 7.71. The summed E-state index contributed by atoms with van der Waals surface area (Å²) in [6.07, 6.45) is 3.27. The van der Waals surface area contributed by atoms with Crippen LogP contribution in [0.2, 0.25) is 0 Å². The van der Waals surface area contributed by atoms with E-state index in [4.69, 9.17) is 4.74 Å². The van der Waals surface area contributed by atoms with Crippen LogP contribution in [0.4, 0.5) is 0 Å². The topological polar surface area (TPSA) is 9.23 Å². The molecule has 0 aromatic rings. The van der Waals surface area contributed by atoms with E-state index in [1.807, 2.05) is 7.11 Å². The maximum absolute atomic E-state index is 5.34. The molecule has 2 unspecified atom stereocenters. The van der Waals surface area contributed by atoms with Crippen LogP contribution in [0.15, 0.2) is 0 Å². The second-order valence-electron chi connectivity index (χ2n) is 4.48. The second-order valence-corrected chi connectivity index (χ2v) is 4.48. The van der Waals surface area contributed by atoms with Crippen LogP contribution < -0.4 is 0 Å². The van der Waals surface area contributed by atoms with Gasteiger partial charge in [0.05, 0.1) is 6.10 Å². The zero-order chi connectivity index (χ0) is 8.01. The Bertz CT molecular complexity index is 141. The van der Waals surface area contributed by atoms with Crippen molar-refractivity contribution >= 4 is 0 Å². The van der Waals surface area contributed by atoms with Gasteiger partial charge in [-0.2, -0.15) is 0 Å². The maximum Gasteiger partial charge on any atom is 0.0577 e. The van der Waals surface area contributed by atoms with Gasteiger partial charge in [-0.15, -0.1) is 0 Å². The first-order chi connectivity index (χ1) is 5.24. The van der Waals surface area contributed by atoms with Crippen molar-refractivity contribution in [1.82, 2.24) is 0 Å². The quantitative estimate of drug-likeness (QED) is 0.593. The van der Waals surface area contributed by atoms with Crippen molar-refractivity contribution < 1.29 is 4.74 Å². The van der Waals surface area contributed by atoms with E-state index in [9.17, 15) is 0 Å². The molecule has 2 fully saturated rings. The van der Waals surface area contributed by atoms with Gasteiger partial charge in [-0.05, 0) is 36.5 Å². The average molecular weight is 154 g/mol. The Labute approximate surface area is 69.1 Å². The van der Waals surface area contributed by atoms with Crippen molar-refractivity contribution in [1.29, 1.82) is 0 Å². The average Bonchev–Trinajstić information content (AvgIpc) is 2.48. The summed E-state index contributed by atoms with van der Waals surface area (Å²) in [5.74, 6) is 4.00. The molecule has 1 heteroatoms. The highest BCUT2D eigenvalue weighted by Crippen LogP contribution is 2.60. The van der Waals surface area contributed by atoms with E-state index >= 15 is 0 Å². The first-order valence-electron chi connectivity index (χ1n) is 4.76. The first kappa shape index (κ1) is 7.60. The molecule has 11 heavy (non-hydrogen) atoms. The third-order valence-corrected chi connectivity index (χ3v) is 3.57. The Kier molecular flexibility index (Phi) is 1.71. The van der Waals surface area contributed by atoms with Gasteiger partial charge in [-0.25, -0.2) is 0 Å². The van der Waals surface area contributed by atoms with Crippen molar-refractivity contribution in [3.05, 3.63) is 0 Å². The fraction of sp³-hybridized carbons (Fsp3) is 1.00. The predicted molar refractivity (Wildman–Crippen MR) is 45.3 cm³/mol. The summed E-state index contributed by atoms with van der Waals surface area (Å²) in [6.45, 7) is 4.70. The van der Waals surface area contributed by atoms with E-state index in [0.717, 1.165) is 23.7 Å². The number of hydrogen-bond acceptors (Lipinski definition) is 1. The molecule has 2 rings (SSSR count). The first-order valence-corrected chi connectivity index (χ1v) is 4.76. The molecule has 2 atom stereocenters. The Morgan fingerprint density at radius 1 is 1.18 bits per heavy atom. The van der Waals surface area contributed by atoms with Gasteiger partial charge >= 0.3 is 0 Å². The molecular weight excluding hydrogens is 136 g/mol. The number of hydrogen-bond donors (Lipinski definition) is 0. The minimum Gasteiger partial charge on any atom is -0.381 e. The molecule has 0 amide bonds. The van der Waals surface area contributed by atoms with Crippen LogP contribution in [0.25, 0.3) is 0 Å². The summed E-state index contributed by atoms with van der Waals surface area (Å²) < 4.78 is 5.34. The molecule has 0 bridgehead atoms. The van der Waals surface area contributed by atoms with Crippen molar-refractivity contribution in [2.45, 2.75) is 32.8 Å². The third-order valence-electron chi connectivity index (χ3n) is 3.57. The summed E-state index contributed by atoms with van der Waals surface area (Å²) in [5, 5.41) is 0. The lowest BCUT2D eigenvalue weighted by atomic mass is 10.00. The van der Waals surface area contributed by atoms with Gasteiger partial charge < -0.3 is 4.74 Å². The van der Waals surface area contributed by atoms with E-state index in [-0.39, 0.29) is 0 Å². The van der Waals surface area contributed by atoms with Crippen molar-refractivity contribution in [2.75, 3.05) is 7.11 Å². The molecule has 0 aliphatic heterocycles. The van der Waals surface area contributed by atoms with E-state index in [0.29, 0.717) is 6.10 Å². The number of fused-ring (bicyclic) bond motifs is 1. The fourth-order valence-corrected chi connectivity index (χ4v) is 3.02. The van der Waals surface area contributed by atoms with Gasteiger partial charge in [0.15, 0.2) is 0 Å². The predicted octanol–water partition coefficient (Wildman–Crippen LogP) is 2.31. The van der Waals surface area contributed by atoms with Gasteiger partial charge in [0.2, 0.25) is 0 Å². The fourth-order valence-electron chi connectivity index (χ4n) is 3.02. The summed E-state index contributed by atoms with van der Waals surface area (Å²) in [5.41, 5.74) is 0. The highest BCUT2D eigenvalue weighted by atomic mass is 16.5. The zero-order valence-electron chi connectivity index (χ0n) is 7.71. The monoisotopic (exact) mass is 154 g/mol. The van der Waals surface area contributed by atoms with Crippen LogP contribution in [-0.2, 0) is 4.74 Å². The highest BCUT2D eigenvalue weighted by Gasteiger charge is 2.56. The Hall–Kier alpha value is -0.0400. The van der Waals surface area contributed by atoms with Crippen LogP contribution in [0.3, 0.4) is 0 Å². The summed E-state index contributed by atoms with van der Waals surface area (Å²) in [6, 6.07) is 0. The molecule has 0 aromatic heterocycles. The Morgan fingerprint density at radius 2 is 1.73 bits per heavy atom. The van der Waals surface area contributed by atoms with E-state index < -0.39 is 0 Å². The summed E-state index contributed by atoms with van der Waals surface area (Å²) in [4.78, 5) is 0. The molecule has 0 aromatic carbocycles. The molecule has 2 saturated carbocycles. The molecule has 1 nitrogen and oxygen atoms in total. The van der Waals surface area contributed by atoms with Gasteiger partial charge in [0.25, 0.3) is 0 Å². The van der Waals surface area contributed by atoms with Gasteiger partial charge in [-0.3, -0.25) is 0 Å². The molecule has 0 saturated heterocycles. The third kappa shape index (κ3) is 1.10. The summed E-state index contributed by atoms with van der Waals surface area (Å²) in [7, 11) is 1.85. The van der Waals surface area contributed by atoms with E-state index in [1.165, 1.54) is 12.8 Å². The molecule has 64 valence electrons. The Morgan fingerprint density at radius 3 is 2.09 bits per heavy atom. The standard InChI is InChI=1S/C10H18O/c1-6(2)10-8-4-7(11-3)5-9(8)10/h6-10H,4-5H2,1-3H3. The lowest BCUT2D eigenvalue weighted by Crippen LogP contribution is -2.11. The highest BCUT2D eigenvalue weighted by molar-refractivity contribution is 5.05. The molecule has 0 heterocycles. The Balaban J connectivity index is 1.86. The van der Waals surface area contributed by atoms with Crippen molar-refractivity contribution in [2.24, 2.45) is 23.7 Å². The number of methoxy groups -OCH3 is 1. The number of ether oxygens (including phenoxy) is 1. The van der Waals surface area contributed by atoms with Crippen LogP contribution in [0, 0.1) is 23.7 Å². The molecule has 0 N–H and O–H groups in total. The van der Waals surface area contributed by atoms with Gasteiger partial charge in [0.1, 0.15) is 0 Å². The van der Waals surface area contributed by atoms with Gasteiger partial charge in [-0.1, -0.05) is 13.8 Å². The smallest absolute Gasteiger partial charge is 0.0577 e. The van der Waals surface area contributed by atoms with Crippen molar-refractivity contribution in [3.63, 3.8) is 0 Å². The van der Waals surface area contributed by atoms with Crippen LogP contribution >= 0.6 is 0 Å². The molecule has 2 aliphatic rings. The van der Waals surface area contributed by atoms with Crippen LogP contribution in [0.1, 0.15) is 26.7 Å². The second kappa shape index (κ2) is 2.48. The van der Waals surface area contributed by atoms with Crippen LogP contribution in [0.5, 0.6) is 0 Å².